The molecule has 0 heterocycles. The number of hydrogen-bond acceptors (Lipinski definition) is 0. The minimum atomic E-state index is 0.0778. The van der Waals surface area contributed by atoms with Gasteiger partial charge in [-0.25, -0.2) is 0 Å². The van der Waals surface area contributed by atoms with E-state index in [-0.39, 0.29) is 5.41 Å². The van der Waals surface area contributed by atoms with Crippen molar-refractivity contribution in [1.82, 2.24) is 0 Å². The molecule has 0 N–H and O–H groups in total. The number of allylic oxidation sites excluding steroid dienone is 2. The summed E-state index contributed by atoms with van der Waals surface area (Å²) in [5, 5.41) is 0.868. The van der Waals surface area contributed by atoms with Crippen molar-refractivity contribution in [3.8, 4) is 11.1 Å². The van der Waals surface area contributed by atoms with Gasteiger partial charge in [-0.2, -0.15) is 0 Å². The van der Waals surface area contributed by atoms with E-state index >= 15 is 0 Å². The highest BCUT2D eigenvalue weighted by molar-refractivity contribution is 6.30. The van der Waals surface area contributed by atoms with Gasteiger partial charge < -0.3 is 0 Å². The van der Waals surface area contributed by atoms with Gasteiger partial charge in [-0.1, -0.05) is 60.5 Å². The monoisotopic (exact) mass is 334 g/mol. The van der Waals surface area contributed by atoms with Gasteiger partial charge in [0.15, 0.2) is 0 Å². The molecule has 122 valence electrons. The fourth-order valence-corrected chi connectivity index (χ4v) is 5.71. The van der Waals surface area contributed by atoms with Crippen LogP contribution in [0.4, 0.5) is 0 Å². The molecule has 6 rings (SSSR count). The van der Waals surface area contributed by atoms with E-state index in [4.69, 9.17) is 11.6 Å². The lowest BCUT2D eigenvalue weighted by atomic mass is 9.59. The largest absolute Gasteiger partial charge is 0.0843 e. The maximum atomic E-state index is 6.45. The Hall–Kier alpha value is -1.53. The van der Waals surface area contributed by atoms with Crippen molar-refractivity contribution in [2.24, 2.45) is 11.8 Å². The molecular weight excluding hydrogens is 312 g/mol. The molecule has 0 nitrogen and oxygen atoms in total. The van der Waals surface area contributed by atoms with Gasteiger partial charge in [0.1, 0.15) is 0 Å². The summed E-state index contributed by atoms with van der Waals surface area (Å²) < 4.78 is 0. The first-order valence-electron chi connectivity index (χ1n) is 9.29. The van der Waals surface area contributed by atoms with Gasteiger partial charge in [-0.15, -0.1) is 0 Å². The Kier molecular flexibility index (Phi) is 3.22. The van der Waals surface area contributed by atoms with Gasteiger partial charge in [0.05, 0.1) is 0 Å². The molecule has 24 heavy (non-hydrogen) atoms. The quantitative estimate of drug-likeness (QED) is 0.467. The van der Waals surface area contributed by atoms with Gasteiger partial charge in [-0.3, -0.25) is 0 Å². The van der Waals surface area contributed by atoms with E-state index < -0.39 is 0 Å². The molecule has 1 saturated carbocycles. The Balaban J connectivity index is 1.85. The van der Waals surface area contributed by atoms with Crippen LogP contribution in [0.1, 0.15) is 50.2 Å². The number of halogens is 1. The number of rotatable bonds is 0. The smallest absolute Gasteiger partial charge is 0.0426 e. The van der Waals surface area contributed by atoms with E-state index in [1.807, 2.05) is 6.07 Å². The normalized spacial score (nSPS) is 32.7. The van der Waals surface area contributed by atoms with Crippen LogP contribution in [0.2, 0.25) is 5.02 Å². The average Bonchev–Trinajstić information content (AvgIpc) is 2.84. The second-order valence-corrected chi connectivity index (χ2v) is 8.43. The first kappa shape index (κ1) is 14.8. The molecule has 4 aliphatic rings. The predicted molar refractivity (Wildman–Crippen MR) is 101 cm³/mol. The summed E-state index contributed by atoms with van der Waals surface area (Å²) in [6.07, 6.45) is 9.17. The SMILES string of the molecule is CC1/C=C2\CCC(CC1)CC21c2ccccc2-c2ccc(Cl)cc21. The van der Waals surface area contributed by atoms with Crippen LogP contribution < -0.4 is 0 Å². The van der Waals surface area contributed by atoms with Gasteiger partial charge in [0.2, 0.25) is 0 Å². The molecule has 0 aromatic heterocycles. The Morgan fingerprint density at radius 3 is 2.71 bits per heavy atom. The Morgan fingerprint density at radius 2 is 1.79 bits per heavy atom. The molecule has 0 aliphatic heterocycles. The fraction of sp³-hybridized carbons (Fsp3) is 0.391. The lowest BCUT2D eigenvalue weighted by Crippen LogP contribution is -2.36. The average molecular weight is 335 g/mol. The summed E-state index contributed by atoms with van der Waals surface area (Å²) in [6.45, 7) is 2.39. The molecule has 2 aromatic rings. The van der Waals surface area contributed by atoms with E-state index in [0.717, 1.165) is 10.9 Å². The van der Waals surface area contributed by atoms with Crippen LogP contribution in [0.15, 0.2) is 54.1 Å². The van der Waals surface area contributed by atoms with Crippen LogP contribution in [0.3, 0.4) is 0 Å². The summed E-state index contributed by atoms with van der Waals surface area (Å²) in [5.41, 5.74) is 7.53. The Morgan fingerprint density at radius 1 is 0.958 bits per heavy atom. The predicted octanol–water partition coefficient (Wildman–Crippen LogP) is 6.76. The highest BCUT2D eigenvalue weighted by Crippen LogP contribution is 2.60. The minimum Gasteiger partial charge on any atom is -0.0843 e. The van der Waals surface area contributed by atoms with E-state index in [9.17, 15) is 0 Å². The van der Waals surface area contributed by atoms with Crippen molar-refractivity contribution >= 4 is 11.6 Å². The molecule has 2 bridgehead atoms. The van der Waals surface area contributed by atoms with Crippen molar-refractivity contribution in [3.05, 3.63) is 70.3 Å². The van der Waals surface area contributed by atoms with E-state index in [1.54, 1.807) is 5.57 Å². The summed E-state index contributed by atoms with van der Waals surface area (Å²) in [7, 11) is 0. The van der Waals surface area contributed by atoms with Crippen LogP contribution in [-0.4, -0.2) is 0 Å². The van der Waals surface area contributed by atoms with Crippen molar-refractivity contribution in [2.45, 2.75) is 44.4 Å². The number of fused-ring (bicyclic) bond motifs is 7. The third-order valence-corrected chi connectivity index (χ3v) is 6.83. The van der Waals surface area contributed by atoms with E-state index in [0.29, 0.717) is 5.92 Å². The van der Waals surface area contributed by atoms with Crippen molar-refractivity contribution in [2.75, 3.05) is 0 Å². The lowest BCUT2D eigenvalue weighted by molar-refractivity contribution is 0.281. The van der Waals surface area contributed by atoms with Crippen LogP contribution in [0.5, 0.6) is 0 Å². The Labute approximate surface area is 149 Å². The minimum absolute atomic E-state index is 0.0778. The molecule has 4 aliphatic carbocycles. The maximum Gasteiger partial charge on any atom is 0.0426 e. The fourth-order valence-electron chi connectivity index (χ4n) is 5.54. The summed E-state index contributed by atoms with van der Waals surface area (Å²) in [6, 6.07) is 15.6. The second-order valence-electron chi connectivity index (χ2n) is 8.00. The zero-order valence-corrected chi connectivity index (χ0v) is 14.9. The van der Waals surface area contributed by atoms with Gasteiger partial charge in [-0.05, 0) is 78.3 Å². The molecule has 1 fully saturated rings. The van der Waals surface area contributed by atoms with Crippen LogP contribution in [0, 0.1) is 11.8 Å². The van der Waals surface area contributed by atoms with E-state index in [1.165, 1.54) is 54.4 Å². The zero-order valence-electron chi connectivity index (χ0n) is 14.2. The standard InChI is InChI=1S/C23H23Cl/c1-15-6-7-16-8-9-17(12-15)23(14-16)21-5-3-2-4-19(21)20-11-10-18(24)13-22(20)23/h2-5,10-13,15-16H,6-9,14H2,1H3/b17-12+. The molecule has 0 saturated heterocycles. The number of benzene rings is 2. The molecule has 3 atom stereocenters. The topological polar surface area (TPSA) is 0 Å². The molecular formula is C23H23Cl. The summed E-state index contributed by atoms with van der Waals surface area (Å²) in [5.74, 6) is 1.53. The highest BCUT2D eigenvalue weighted by atomic mass is 35.5. The first-order valence-corrected chi connectivity index (χ1v) is 9.67. The van der Waals surface area contributed by atoms with Crippen molar-refractivity contribution in [3.63, 3.8) is 0 Å². The third-order valence-electron chi connectivity index (χ3n) is 6.60. The van der Waals surface area contributed by atoms with Crippen LogP contribution in [-0.2, 0) is 5.41 Å². The highest BCUT2D eigenvalue weighted by Gasteiger charge is 2.49. The summed E-state index contributed by atoms with van der Waals surface area (Å²) >= 11 is 6.45. The molecule has 1 spiro atoms. The van der Waals surface area contributed by atoms with Gasteiger partial charge in [0, 0.05) is 10.4 Å². The molecule has 0 radical (unpaired) electrons. The second kappa shape index (κ2) is 5.23. The first-order chi connectivity index (χ1) is 11.7. The third kappa shape index (κ3) is 1.93. The maximum absolute atomic E-state index is 6.45. The Bertz CT molecular complexity index is 847. The van der Waals surface area contributed by atoms with Gasteiger partial charge in [0.25, 0.3) is 0 Å². The van der Waals surface area contributed by atoms with Crippen LogP contribution >= 0.6 is 11.6 Å². The summed E-state index contributed by atoms with van der Waals surface area (Å²) in [4.78, 5) is 0. The molecule has 1 heteroatoms. The van der Waals surface area contributed by atoms with Crippen LogP contribution in [0.25, 0.3) is 11.1 Å². The van der Waals surface area contributed by atoms with E-state index in [2.05, 4.69) is 49.4 Å². The van der Waals surface area contributed by atoms with Crippen molar-refractivity contribution < 1.29 is 0 Å². The molecule has 3 unspecified atom stereocenters. The van der Waals surface area contributed by atoms with Gasteiger partial charge >= 0.3 is 0 Å². The zero-order chi connectivity index (χ0) is 16.3. The molecule has 0 amide bonds. The lowest BCUT2D eigenvalue weighted by Gasteiger charge is -2.44. The van der Waals surface area contributed by atoms with Crippen molar-refractivity contribution in [1.29, 1.82) is 0 Å². The number of hydrogen-bond donors (Lipinski definition) is 0. The molecule has 2 aromatic carbocycles.